The minimum Gasteiger partial charge on any atom is -0.464 e. The van der Waals surface area contributed by atoms with Crippen molar-refractivity contribution < 1.29 is 19.1 Å². The van der Waals surface area contributed by atoms with Crippen LogP contribution in [0.1, 0.15) is 33.1 Å². The molecule has 0 aromatic heterocycles. The zero-order valence-electron chi connectivity index (χ0n) is 11.8. The highest BCUT2D eigenvalue weighted by atomic mass is 16.5. The fraction of sp³-hybridized carbons (Fsp3) is 0.846. The summed E-state index contributed by atoms with van der Waals surface area (Å²) >= 11 is 0. The van der Waals surface area contributed by atoms with Crippen LogP contribution in [0.5, 0.6) is 0 Å². The van der Waals surface area contributed by atoms with Crippen molar-refractivity contribution in [3.05, 3.63) is 0 Å². The normalized spacial score (nSPS) is 21.0. The molecule has 1 aliphatic heterocycles. The topological polar surface area (TPSA) is 81.9 Å². The lowest BCUT2D eigenvalue weighted by Gasteiger charge is -2.33. The van der Waals surface area contributed by atoms with E-state index in [4.69, 9.17) is 15.2 Å². The van der Waals surface area contributed by atoms with Crippen LogP contribution < -0.4 is 5.73 Å². The van der Waals surface area contributed by atoms with Gasteiger partial charge < -0.3 is 20.1 Å². The molecule has 1 amide bonds. The number of carbonyl (C=O) groups excluding carboxylic acids is 2. The third kappa shape index (κ3) is 4.80. The van der Waals surface area contributed by atoms with Crippen LogP contribution in [-0.4, -0.2) is 55.2 Å². The average Bonchev–Trinajstić information content (AvgIpc) is 2.44. The number of hydrogen-bond acceptors (Lipinski definition) is 5. The summed E-state index contributed by atoms with van der Waals surface area (Å²) in [5.41, 5.74) is 5.62. The van der Waals surface area contributed by atoms with Crippen LogP contribution in [-0.2, 0) is 19.1 Å². The number of esters is 1. The van der Waals surface area contributed by atoms with E-state index in [-0.39, 0.29) is 18.6 Å². The highest BCUT2D eigenvalue weighted by molar-refractivity contribution is 6.01. The smallest absolute Gasteiger partial charge is 0.332 e. The SMILES string of the molecule is CCCOC1CCCN(C(=O)C(N)C(=O)OCC)C1. The Morgan fingerprint density at radius 1 is 1.42 bits per heavy atom. The minimum absolute atomic E-state index is 0.0482. The quantitative estimate of drug-likeness (QED) is 0.555. The van der Waals surface area contributed by atoms with Gasteiger partial charge in [-0.15, -0.1) is 0 Å². The molecule has 1 aliphatic rings. The Morgan fingerprint density at radius 2 is 2.16 bits per heavy atom. The Bertz CT molecular complexity index is 309. The fourth-order valence-corrected chi connectivity index (χ4v) is 2.09. The Labute approximate surface area is 114 Å². The number of ether oxygens (including phenoxy) is 2. The molecule has 0 radical (unpaired) electrons. The summed E-state index contributed by atoms with van der Waals surface area (Å²) in [7, 11) is 0. The molecule has 0 aromatic carbocycles. The minimum atomic E-state index is -1.22. The van der Waals surface area contributed by atoms with Crippen molar-refractivity contribution in [1.29, 1.82) is 0 Å². The summed E-state index contributed by atoms with van der Waals surface area (Å²) in [6, 6.07) is -1.22. The van der Waals surface area contributed by atoms with Gasteiger partial charge in [-0.2, -0.15) is 0 Å². The maximum atomic E-state index is 12.1. The Balaban J connectivity index is 2.49. The molecule has 0 aromatic rings. The van der Waals surface area contributed by atoms with Gasteiger partial charge in [0, 0.05) is 19.7 Å². The third-order valence-electron chi connectivity index (χ3n) is 3.05. The van der Waals surface area contributed by atoms with Crippen molar-refractivity contribution >= 4 is 11.9 Å². The first-order chi connectivity index (χ1) is 9.10. The molecule has 110 valence electrons. The Kier molecular flexibility index (Phi) is 6.80. The molecule has 0 aliphatic carbocycles. The molecule has 6 nitrogen and oxygen atoms in total. The maximum absolute atomic E-state index is 12.1. The predicted octanol–water partition coefficient (Wildman–Crippen LogP) is 0.294. The molecule has 6 heteroatoms. The molecule has 1 heterocycles. The monoisotopic (exact) mass is 272 g/mol. The highest BCUT2D eigenvalue weighted by Crippen LogP contribution is 2.14. The van der Waals surface area contributed by atoms with Crippen LogP contribution in [0.3, 0.4) is 0 Å². The van der Waals surface area contributed by atoms with E-state index in [0.717, 1.165) is 19.3 Å². The first-order valence-electron chi connectivity index (χ1n) is 6.92. The number of rotatable bonds is 6. The van der Waals surface area contributed by atoms with E-state index in [1.54, 1.807) is 11.8 Å². The summed E-state index contributed by atoms with van der Waals surface area (Å²) in [6.45, 7) is 5.77. The molecule has 2 atom stereocenters. The molecule has 2 unspecified atom stereocenters. The van der Waals surface area contributed by atoms with Crippen molar-refractivity contribution in [1.82, 2.24) is 4.90 Å². The first-order valence-corrected chi connectivity index (χ1v) is 6.92. The number of nitrogens with zero attached hydrogens (tertiary/aromatic N) is 1. The van der Waals surface area contributed by atoms with E-state index < -0.39 is 12.0 Å². The lowest BCUT2D eigenvalue weighted by Crippen LogP contribution is -2.53. The van der Waals surface area contributed by atoms with Gasteiger partial charge in [0.2, 0.25) is 0 Å². The zero-order valence-corrected chi connectivity index (χ0v) is 11.8. The molecule has 1 rings (SSSR count). The maximum Gasteiger partial charge on any atom is 0.332 e. The zero-order chi connectivity index (χ0) is 14.3. The van der Waals surface area contributed by atoms with Gasteiger partial charge in [0.05, 0.1) is 12.7 Å². The van der Waals surface area contributed by atoms with Gasteiger partial charge in [-0.3, -0.25) is 4.79 Å². The largest absolute Gasteiger partial charge is 0.464 e. The molecule has 19 heavy (non-hydrogen) atoms. The number of piperidine rings is 1. The number of hydrogen-bond donors (Lipinski definition) is 1. The van der Waals surface area contributed by atoms with Crippen molar-refractivity contribution in [3.8, 4) is 0 Å². The third-order valence-corrected chi connectivity index (χ3v) is 3.05. The van der Waals surface area contributed by atoms with Gasteiger partial charge in [0.25, 0.3) is 5.91 Å². The number of carbonyl (C=O) groups is 2. The lowest BCUT2D eigenvalue weighted by molar-refractivity contribution is -0.152. The van der Waals surface area contributed by atoms with Gasteiger partial charge in [0.15, 0.2) is 6.04 Å². The van der Waals surface area contributed by atoms with E-state index >= 15 is 0 Å². The average molecular weight is 272 g/mol. The van der Waals surface area contributed by atoms with E-state index in [9.17, 15) is 9.59 Å². The second kappa shape index (κ2) is 8.12. The number of amides is 1. The molecule has 0 saturated carbocycles. The summed E-state index contributed by atoms with van der Waals surface area (Å²) in [4.78, 5) is 25.1. The van der Waals surface area contributed by atoms with Crippen LogP contribution >= 0.6 is 0 Å². The molecule has 2 N–H and O–H groups in total. The van der Waals surface area contributed by atoms with Crippen LogP contribution in [0, 0.1) is 0 Å². The van der Waals surface area contributed by atoms with Crippen LogP contribution in [0.25, 0.3) is 0 Å². The molecular weight excluding hydrogens is 248 g/mol. The van der Waals surface area contributed by atoms with E-state index in [1.165, 1.54) is 0 Å². The van der Waals surface area contributed by atoms with E-state index in [2.05, 4.69) is 0 Å². The highest BCUT2D eigenvalue weighted by Gasteiger charge is 2.31. The van der Waals surface area contributed by atoms with Crippen molar-refractivity contribution in [2.45, 2.75) is 45.3 Å². The summed E-state index contributed by atoms with van der Waals surface area (Å²) < 4.78 is 10.4. The summed E-state index contributed by atoms with van der Waals surface area (Å²) in [5.74, 6) is -1.03. The number of nitrogens with two attached hydrogens (primary N) is 1. The van der Waals surface area contributed by atoms with E-state index in [0.29, 0.717) is 19.7 Å². The van der Waals surface area contributed by atoms with Crippen LogP contribution in [0.4, 0.5) is 0 Å². The summed E-state index contributed by atoms with van der Waals surface area (Å²) in [5, 5.41) is 0. The second-order valence-corrected chi connectivity index (χ2v) is 4.65. The molecule has 0 spiro atoms. The van der Waals surface area contributed by atoms with Gasteiger partial charge in [-0.1, -0.05) is 6.92 Å². The second-order valence-electron chi connectivity index (χ2n) is 4.65. The Hall–Kier alpha value is -1.14. The standard InChI is InChI=1S/C13H24N2O4/c1-3-8-19-10-6-5-7-15(9-10)12(16)11(14)13(17)18-4-2/h10-11H,3-9,14H2,1-2H3. The Morgan fingerprint density at radius 3 is 2.79 bits per heavy atom. The van der Waals surface area contributed by atoms with Gasteiger partial charge in [0.1, 0.15) is 0 Å². The van der Waals surface area contributed by atoms with Crippen molar-refractivity contribution in [2.75, 3.05) is 26.3 Å². The van der Waals surface area contributed by atoms with Crippen LogP contribution in [0.15, 0.2) is 0 Å². The van der Waals surface area contributed by atoms with E-state index in [1.807, 2.05) is 6.92 Å². The molecular formula is C13H24N2O4. The first kappa shape index (κ1) is 15.9. The fourth-order valence-electron chi connectivity index (χ4n) is 2.09. The van der Waals surface area contributed by atoms with Gasteiger partial charge in [-0.05, 0) is 26.2 Å². The van der Waals surface area contributed by atoms with Crippen LogP contribution in [0.2, 0.25) is 0 Å². The number of likely N-dealkylation sites (tertiary alicyclic amines) is 1. The summed E-state index contributed by atoms with van der Waals surface area (Å²) in [6.07, 6.45) is 2.81. The molecule has 0 bridgehead atoms. The predicted molar refractivity (Wildman–Crippen MR) is 70.5 cm³/mol. The van der Waals surface area contributed by atoms with Gasteiger partial charge in [-0.25, -0.2) is 4.79 Å². The lowest BCUT2D eigenvalue weighted by atomic mass is 10.1. The molecule has 1 fully saturated rings. The molecule has 1 saturated heterocycles. The van der Waals surface area contributed by atoms with Gasteiger partial charge >= 0.3 is 5.97 Å². The van der Waals surface area contributed by atoms with Crippen molar-refractivity contribution in [2.24, 2.45) is 5.73 Å². The van der Waals surface area contributed by atoms with Crippen molar-refractivity contribution in [3.63, 3.8) is 0 Å².